The van der Waals surface area contributed by atoms with Crippen molar-refractivity contribution in [3.63, 3.8) is 0 Å². The fraction of sp³-hybridized carbons (Fsp3) is 0.280. The van der Waals surface area contributed by atoms with Crippen LogP contribution < -0.4 is 15.8 Å². The van der Waals surface area contributed by atoms with E-state index in [9.17, 15) is 14.4 Å². The number of carbonyl (C=O) groups excluding carboxylic acids is 2. The SMILES string of the molecule is O=C(CCn1cnc2ccccc2c1=O)NCC#Cc1ccc(N2CCCCC2=O)cc1. The monoisotopic (exact) mass is 428 g/mol. The number of anilines is 1. The van der Waals surface area contributed by atoms with Crippen LogP contribution in [0.5, 0.6) is 0 Å². The van der Waals surface area contributed by atoms with E-state index in [1.807, 2.05) is 35.2 Å². The molecule has 1 fully saturated rings. The Morgan fingerprint density at radius 1 is 1.06 bits per heavy atom. The Morgan fingerprint density at radius 2 is 1.88 bits per heavy atom. The van der Waals surface area contributed by atoms with Crippen LogP contribution in [-0.4, -0.2) is 34.5 Å². The average molecular weight is 428 g/mol. The van der Waals surface area contributed by atoms with E-state index in [2.05, 4.69) is 22.1 Å². The van der Waals surface area contributed by atoms with Crippen LogP contribution in [0.1, 0.15) is 31.2 Å². The summed E-state index contributed by atoms with van der Waals surface area (Å²) in [5, 5.41) is 3.29. The van der Waals surface area contributed by atoms with Gasteiger partial charge >= 0.3 is 0 Å². The molecule has 0 unspecified atom stereocenters. The van der Waals surface area contributed by atoms with Crippen LogP contribution in [0.3, 0.4) is 0 Å². The maximum atomic E-state index is 12.4. The average Bonchev–Trinajstić information content (AvgIpc) is 2.82. The highest BCUT2D eigenvalue weighted by molar-refractivity contribution is 5.94. The molecule has 4 rings (SSSR count). The zero-order valence-corrected chi connectivity index (χ0v) is 17.7. The van der Waals surface area contributed by atoms with Crippen LogP contribution in [0.25, 0.3) is 10.9 Å². The van der Waals surface area contributed by atoms with Gasteiger partial charge in [0.2, 0.25) is 11.8 Å². The molecular formula is C25H24N4O3. The molecule has 162 valence electrons. The summed E-state index contributed by atoms with van der Waals surface area (Å²) in [4.78, 5) is 42.6. The van der Waals surface area contributed by atoms with Gasteiger partial charge in [0.15, 0.2) is 0 Å². The van der Waals surface area contributed by atoms with Crippen molar-refractivity contribution in [3.05, 3.63) is 70.8 Å². The summed E-state index contributed by atoms with van der Waals surface area (Å²) < 4.78 is 1.45. The minimum absolute atomic E-state index is 0.155. The number of nitrogens with one attached hydrogen (secondary N) is 1. The van der Waals surface area contributed by atoms with Gasteiger partial charge in [0.25, 0.3) is 5.56 Å². The molecule has 1 N–H and O–H groups in total. The lowest BCUT2D eigenvalue weighted by atomic mass is 10.1. The van der Waals surface area contributed by atoms with Crippen LogP contribution in [0.4, 0.5) is 5.69 Å². The molecular weight excluding hydrogens is 404 g/mol. The lowest BCUT2D eigenvalue weighted by Gasteiger charge is -2.26. The highest BCUT2D eigenvalue weighted by atomic mass is 16.2. The van der Waals surface area contributed by atoms with E-state index in [1.54, 1.807) is 18.2 Å². The summed E-state index contributed by atoms with van der Waals surface area (Å²) in [6, 6.07) is 14.7. The van der Waals surface area contributed by atoms with Gasteiger partial charge in [0.1, 0.15) is 0 Å². The lowest BCUT2D eigenvalue weighted by molar-refractivity contribution is -0.121. The molecule has 2 amide bonds. The van der Waals surface area contributed by atoms with Gasteiger partial charge in [-0.05, 0) is 49.2 Å². The van der Waals surface area contributed by atoms with Gasteiger partial charge in [-0.25, -0.2) is 4.98 Å². The first-order valence-electron chi connectivity index (χ1n) is 10.7. The number of amides is 2. The maximum absolute atomic E-state index is 12.4. The molecule has 0 saturated carbocycles. The van der Waals surface area contributed by atoms with Gasteiger partial charge in [0, 0.05) is 37.2 Å². The Balaban J connectivity index is 1.26. The number of aryl methyl sites for hydroxylation is 1. The molecule has 0 atom stereocenters. The normalized spacial score (nSPS) is 13.5. The third-order valence-electron chi connectivity index (χ3n) is 5.42. The second-order valence-electron chi connectivity index (χ2n) is 7.64. The molecule has 1 aromatic heterocycles. The van der Waals surface area contributed by atoms with Crippen LogP contribution in [0.15, 0.2) is 59.7 Å². The van der Waals surface area contributed by atoms with E-state index in [-0.39, 0.29) is 36.9 Å². The zero-order valence-electron chi connectivity index (χ0n) is 17.7. The summed E-state index contributed by atoms with van der Waals surface area (Å²) in [7, 11) is 0. The number of rotatable bonds is 5. The van der Waals surface area contributed by atoms with Crippen LogP contribution in [-0.2, 0) is 16.1 Å². The van der Waals surface area contributed by atoms with E-state index in [0.717, 1.165) is 30.6 Å². The number of nitrogens with zero attached hydrogens (tertiary/aromatic N) is 3. The van der Waals surface area contributed by atoms with E-state index in [1.165, 1.54) is 10.9 Å². The highest BCUT2D eigenvalue weighted by Gasteiger charge is 2.19. The molecule has 0 radical (unpaired) electrons. The first-order valence-corrected chi connectivity index (χ1v) is 10.7. The van der Waals surface area contributed by atoms with Crippen molar-refractivity contribution in [1.82, 2.24) is 14.9 Å². The number of carbonyl (C=O) groups is 2. The fourth-order valence-corrected chi connectivity index (χ4v) is 3.67. The second-order valence-corrected chi connectivity index (χ2v) is 7.64. The number of benzene rings is 2. The first-order chi connectivity index (χ1) is 15.6. The molecule has 1 aliphatic heterocycles. The third kappa shape index (κ3) is 5.03. The van der Waals surface area contributed by atoms with E-state index in [4.69, 9.17) is 0 Å². The summed E-state index contributed by atoms with van der Waals surface area (Å²) in [5.74, 6) is 5.93. The van der Waals surface area contributed by atoms with Gasteiger partial charge < -0.3 is 10.2 Å². The molecule has 0 spiro atoms. The number of fused-ring (bicyclic) bond motifs is 1. The third-order valence-corrected chi connectivity index (χ3v) is 5.42. The van der Waals surface area contributed by atoms with Crippen molar-refractivity contribution >= 4 is 28.4 Å². The van der Waals surface area contributed by atoms with E-state index in [0.29, 0.717) is 17.3 Å². The molecule has 7 nitrogen and oxygen atoms in total. The lowest BCUT2D eigenvalue weighted by Crippen LogP contribution is -2.35. The van der Waals surface area contributed by atoms with Gasteiger partial charge in [-0.1, -0.05) is 24.0 Å². The Kier molecular flexibility index (Phi) is 6.61. The van der Waals surface area contributed by atoms with Gasteiger partial charge in [-0.3, -0.25) is 19.0 Å². The standard InChI is InChI=1S/C25H24N4O3/c30-23(14-17-28-18-27-22-8-2-1-7-21(22)25(28)32)26-15-5-6-19-10-12-20(13-11-19)29-16-4-3-9-24(29)31/h1-2,7-8,10-13,18H,3-4,9,14-17H2,(H,26,30). The predicted molar refractivity (Wildman–Crippen MR) is 123 cm³/mol. The van der Waals surface area contributed by atoms with Crippen LogP contribution >= 0.6 is 0 Å². The smallest absolute Gasteiger partial charge is 0.261 e. The maximum Gasteiger partial charge on any atom is 0.261 e. The quantitative estimate of drug-likeness (QED) is 0.633. The van der Waals surface area contributed by atoms with Gasteiger partial charge in [-0.15, -0.1) is 0 Å². The van der Waals surface area contributed by atoms with E-state index < -0.39 is 0 Å². The van der Waals surface area contributed by atoms with Crippen molar-refractivity contribution in [1.29, 1.82) is 0 Å². The minimum atomic E-state index is -0.182. The Labute approximate surface area is 186 Å². The molecule has 7 heteroatoms. The second kappa shape index (κ2) is 9.92. The summed E-state index contributed by atoms with van der Waals surface area (Å²) in [6.45, 7) is 1.24. The molecule has 3 aromatic rings. The number of aromatic nitrogens is 2. The minimum Gasteiger partial charge on any atom is -0.345 e. The number of para-hydroxylation sites is 1. The molecule has 0 aliphatic carbocycles. The van der Waals surface area contributed by atoms with Crippen molar-refractivity contribution in [2.24, 2.45) is 0 Å². The van der Waals surface area contributed by atoms with Crippen molar-refractivity contribution in [2.75, 3.05) is 18.0 Å². The van der Waals surface area contributed by atoms with Gasteiger partial charge in [0.05, 0.1) is 23.8 Å². The van der Waals surface area contributed by atoms with Crippen molar-refractivity contribution in [2.45, 2.75) is 32.2 Å². The predicted octanol–water partition coefficient (Wildman–Crippen LogP) is 2.47. The largest absolute Gasteiger partial charge is 0.345 e. The van der Waals surface area contributed by atoms with Crippen LogP contribution in [0, 0.1) is 11.8 Å². The Bertz CT molecular complexity index is 1250. The highest BCUT2D eigenvalue weighted by Crippen LogP contribution is 2.21. The molecule has 1 saturated heterocycles. The molecule has 32 heavy (non-hydrogen) atoms. The van der Waals surface area contributed by atoms with Crippen molar-refractivity contribution < 1.29 is 9.59 Å². The van der Waals surface area contributed by atoms with E-state index >= 15 is 0 Å². The summed E-state index contributed by atoms with van der Waals surface area (Å²) in [5.41, 5.74) is 2.20. The molecule has 2 aromatic carbocycles. The number of hydrogen-bond acceptors (Lipinski definition) is 4. The van der Waals surface area contributed by atoms with Gasteiger partial charge in [-0.2, -0.15) is 0 Å². The fourth-order valence-electron chi connectivity index (χ4n) is 3.67. The Morgan fingerprint density at radius 3 is 2.69 bits per heavy atom. The van der Waals surface area contributed by atoms with Crippen LogP contribution in [0.2, 0.25) is 0 Å². The number of piperidine rings is 1. The zero-order chi connectivity index (χ0) is 22.3. The molecule has 0 bridgehead atoms. The number of hydrogen-bond donors (Lipinski definition) is 1. The summed E-state index contributed by atoms with van der Waals surface area (Å²) >= 11 is 0. The molecule has 2 heterocycles. The molecule has 1 aliphatic rings. The Hall–Kier alpha value is -3.92. The topological polar surface area (TPSA) is 84.3 Å². The van der Waals surface area contributed by atoms with Crippen molar-refractivity contribution in [3.8, 4) is 11.8 Å². The first kappa shape index (κ1) is 21.3. The summed E-state index contributed by atoms with van der Waals surface area (Å²) in [6.07, 6.45) is 4.23.